The second kappa shape index (κ2) is 60.5. The third kappa shape index (κ3) is 62.5. The fourth-order valence-corrected chi connectivity index (χ4v) is 9.85. The summed E-state index contributed by atoms with van der Waals surface area (Å²) in [6, 6.07) is -0.835. The lowest BCUT2D eigenvalue weighted by Gasteiger charge is -2.30. The van der Waals surface area contributed by atoms with Crippen LogP contribution in [0.4, 0.5) is 0 Å². The first kappa shape index (κ1) is 76.9. The van der Waals surface area contributed by atoms with E-state index in [1.54, 1.807) is 0 Å². The number of amides is 1. The second-order valence-corrected chi connectivity index (χ2v) is 24.5. The molecule has 3 atom stereocenters. The van der Waals surface area contributed by atoms with Crippen molar-refractivity contribution < 1.29 is 32.9 Å². The van der Waals surface area contributed by atoms with E-state index in [4.69, 9.17) is 9.05 Å². The van der Waals surface area contributed by atoms with Gasteiger partial charge in [0, 0.05) is 6.42 Å². The molecule has 8 nitrogen and oxygen atoms in total. The summed E-state index contributed by atoms with van der Waals surface area (Å²) in [5.74, 6) is -0.209. The summed E-state index contributed by atoms with van der Waals surface area (Å²) in [7, 11) is 1.26. The largest absolute Gasteiger partial charge is 0.756 e. The number of carbonyl (C=O) groups excluding carboxylic acids is 1. The molecule has 0 aromatic carbocycles. The van der Waals surface area contributed by atoms with E-state index in [0.29, 0.717) is 30.3 Å². The van der Waals surface area contributed by atoms with E-state index in [1.165, 1.54) is 141 Å². The molecule has 460 valence electrons. The Kier molecular flexibility index (Phi) is 58.1. The maximum atomic E-state index is 13.0. The van der Waals surface area contributed by atoms with Gasteiger partial charge in [0.05, 0.1) is 39.9 Å². The normalized spacial score (nSPS) is 14.5. The highest BCUT2D eigenvalue weighted by atomic mass is 31.2. The van der Waals surface area contributed by atoms with Gasteiger partial charge in [-0.2, -0.15) is 0 Å². The number of aliphatic hydroxyl groups excluding tert-OH is 1. The first-order chi connectivity index (χ1) is 39.0. The molecule has 0 bridgehead atoms. The number of rotatable bonds is 59. The first-order valence-electron chi connectivity index (χ1n) is 32.9. The van der Waals surface area contributed by atoms with E-state index in [9.17, 15) is 19.4 Å². The minimum Gasteiger partial charge on any atom is -0.756 e. The zero-order valence-corrected chi connectivity index (χ0v) is 53.4. The van der Waals surface area contributed by atoms with Crippen molar-refractivity contribution in [2.24, 2.45) is 0 Å². The molecule has 0 rings (SSSR count). The van der Waals surface area contributed by atoms with Gasteiger partial charge in [0.25, 0.3) is 7.82 Å². The van der Waals surface area contributed by atoms with E-state index >= 15 is 0 Å². The molecular weight excluding hydrogens is 1010 g/mol. The zero-order chi connectivity index (χ0) is 58.4. The van der Waals surface area contributed by atoms with Crippen molar-refractivity contribution in [3.63, 3.8) is 0 Å². The number of hydrogen-bond acceptors (Lipinski definition) is 6. The zero-order valence-electron chi connectivity index (χ0n) is 52.5. The van der Waals surface area contributed by atoms with E-state index in [2.05, 4.69) is 141 Å². The molecular formula is C71H125N2O6P. The van der Waals surface area contributed by atoms with Crippen LogP contribution in [0.2, 0.25) is 0 Å². The highest BCUT2D eigenvalue weighted by Crippen LogP contribution is 2.38. The SMILES string of the molecule is CC/C=C\C/C=C\C/C=C\C/C=C\C/C=C\C/C=C\C/C=C\C/C=C\C/C=C\C/C=C\CCCCC(=O)NC(COP(=O)([O-])OCC[N+](C)(C)C)C(O)CCCCCCCCCCCCCCCCCCCCCCCCCCC. The predicted molar refractivity (Wildman–Crippen MR) is 348 cm³/mol. The molecule has 9 heteroatoms. The quantitative estimate of drug-likeness (QED) is 0.0272. The first-order valence-corrected chi connectivity index (χ1v) is 34.3. The van der Waals surface area contributed by atoms with Crippen molar-refractivity contribution in [1.29, 1.82) is 0 Å². The summed E-state index contributed by atoms with van der Waals surface area (Å²) >= 11 is 0. The number of carbonyl (C=O) groups is 1. The molecule has 0 aromatic heterocycles. The van der Waals surface area contributed by atoms with Crippen LogP contribution in [0.1, 0.15) is 271 Å². The van der Waals surface area contributed by atoms with Crippen LogP contribution in [0.25, 0.3) is 0 Å². The molecule has 3 unspecified atom stereocenters. The molecule has 1 amide bonds. The topological polar surface area (TPSA) is 108 Å². The van der Waals surface area contributed by atoms with Gasteiger partial charge < -0.3 is 28.8 Å². The molecule has 0 saturated carbocycles. The average molecular weight is 1130 g/mol. The van der Waals surface area contributed by atoms with Gasteiger partial charge in [0.15, 0.2) is 0 Å². The summed E-state index contributed by atoms with van der Waals surface area (Å²) in [5.41, 5.74) is 0. The Labute approximate surface area is 494 Å². The average Bonchev–Trinajstić information content (AvgIpc) is 3.42. The molecule has 0 saturated heterocycles. The lowest BCUT2D eigenvalue weighted by atomic mass is 10.0. The molecule has 0 spiro atoms. The Balaban J connectivity index is 4.24. The van der Waals surface area contributed by atoms with Gasteiger partial charge >= 0.3 is 0 Å². The van der Waals surface area contributed by atoms with Crippen LogP contribution in [0, 0.1) is 0 Å². The number of aliphatic hydroxyl groups is 1. The molecule has 80 heavy (non-hydrogen) atoms. The van der Waals surface area contributed by atoms with Gasteiger partial charge in [0.2, 0.25) is 5.91 Å². The number of likely N-dealkylation sites (N-methyl/N-ethyl adjacent to an activating group) is 1. The van der Waals surface area contributed by atoms with Crippen molar-refractivity contribution in [1.82, 2.24) is 5.32 Å². The number of allylic oxidation sites excluding steroid dienone is 20. The number of nitrogens with one attached hydrogen (secondary N) is 1. The fraction of sp³-hybridized carbons (Fsp3) is 0.704. The maximum Gasteiger partial charge on any atom is 0.268 e. The predicted octanol–water partition coefficient (Wildman–Crippen LogP) is 20.2. The summed E-state index contributed by atoms with van der Waals surface area (Å²) in [4.78, 5) is 25.6. The number of unbranched alkanes of at least 4 members (excludes halogenated alkanes) is 26. The molecule has 0 aliphatic carbocycles. The highest BCUT2D eigenvalue weighted by Gasteiger charge is 2.24. The number of quaternary nitrogens is 1. The van der Waals surface area contributed by atoms with Gasteiger partial charge in [-0.3, -0.25) is 9.36 Å². The Hall–Kier alpha value is -3.10. The Bertz CT molecular complexity index is 1720. The van der Waals surface area contributed by atoms with Crippen LogP contribution >= 0.6 is 7.82 Å². The van der Waals surface area contributed by atoms with Crippen molar-refractivity contribution in [2.45, 2.75) is 283 Å². The molecule has 0 fully saturated rings. The lowest BCUT2D eigenvalue weighted by Crippen LogP contribution is -2.46. The third-order valence-corrected chi connectivity index (χ3v) is 15.2. The Morgan fingerprint density at radius 1 is 0.450 bits per heavy atom. The van der Waals surface area contributed by atoms with Crippen molar-refractivity contribution >= 4 is 13.7 Å². The number of phosphoric ester groups is 1. The second-order valence-electron chi connectivity index (χ2n) is 23.1. The van der Waals surface area contributed by atoms with Crippen LogP contribution in [0.15, 0.2) is 122 Å². The van der Waals surface area contributed by atoms with Gasteiger partial charge in [-0.25, -0.2) is 0 Å². The van der Waals surface area contributed by atoms with Crippen LogP contribution in [0.5, 0.6) is 0 Å². The van der Waals surface area contributed by atoms with E-state index < -0.39 is 20.0 Å². The molecule has 2 N–H and O–H groups in total. The number of nitrogens with zero attached hydrogens (tertiary/aromatic N) is 1. The van der Waals surface area contributed by atoms with Gasteiger partial charge in [0.1, 0.15) is 13.2 Å². The summed E-state index contributed by atoms with van der Waals surface area (Å²) < 4.78 is 23.5. The monoisotopic (exact) mass is 1130 g/mol. The maximum absolute atomic E-state index is 13.0. The summed E-state index contributed by atoms with van der Waals surface area (Å²) in [5, 5.41) is 14.0. The summed E-state index contributed by atoms with van der Waals surface area (Å²) in [6.07, 6.45) is 89.7. The van der Waals surface area contributed by atoms with E-state index in [0.717, 1.165) is 96.3 Å². The Morgan fingerprint density at radius 3 is 1.09 bits per heavy atom. The van der Waals surface area contributed by atoms with Crippen molar-refractivity contribution in [3.8, 4) is 0 Å². The standard InChI is InChI=1S/C71H125N2O6P/c1-6-8-10-12-14-16-18-20-22-24-26-28-30-32-33-34-35-36-37-38-39-41-43-45-47-49-51-53-55-57-59-61-63-65-71(75)72-69(68-79-80(76,77)78-67-66-73(3,4)5)70(74)64-62-60-58-56-54-52-50-48-46-44-42-40-31-29-27-25-23-21-19-17-15-13-11-9-7-2/h8,10,14,16,20,22,26,28,32-33,35-36,38-39,43,45,49,51,55,57,69-70,74H,6-7,9,11-13,15,17-19,21,23-25,27,29-31,34,37,40-42,44,46-48,50,52-54,56,58-68H2,1-5H3,(H-,72,75,76,77)/b10-8-,16-14-,22-20-,28-26-,33-32-,36-35-,39-38-,45-43-,51-49-,57-55-. The van der Waals surface area contributed by atoms with Crippen molar-refractivity contribution in [2.75, 3.05) is 40.9 Å². The van der Waals surface area contributed by atoms with Crippen LogP contribution in [-0.4, -0.2) is 68.5 Å². The van der Waals surface area contributed by atoms with Gasteiger partial charge in [-0.15, -0.1) is 0 Å². The third-order valence-electron chi connectivity index (χ3n) is 14.2. The lowest BCUT2D eigenvalue weighted by molar-refractivity contribution is -0.870. The smallest absolute Gasteiger partial charge is 0.268 e. The molecule has 0 heterocycles. The minimum atomic E-state index is -4.60. The highest BCUT2D eigenvalue weighted by molar-refractivity contribution is 7.45. The van der Waals surface area contributed by atoms with E-state index in [-0.39, 0.29) is 19.1 Å². The Morgan fingerprint density at radius 2 is 0.762 bits per heavy atom. The summed E-state index contributed by atoms with van der Waals surface area (Å²) in [6.45, 7) is 4.59. The fourth-order valence-electron chi connectivity index (χ4n) is 9.13. The van der Waals surface area contributed by atoms with Crippen LogP contribution in [-0.2, 0) is 18.4 Å². The molecule has 0 aliphatic heterocycles. The van der Waals surface area contributed by atoms with Gasteiger partial charge in [-0.1, -0.05) is 296 Å². The van der Waals surface area contributed by atoms with Crippen LogP contribution in [0.3, 0.4) is 0 Å². The molecule has 0 aliphatic rings. The van der Waals surface area contributed by atoms with Gasteiger partial charge in [-0.05, 0) is 89.9 Å². The molecule has 0 radical (unpaired) electrons. The van der Waals surface area contributed by atoms with Crippen LogP contribution < -0.4 is 10.2 Å². The van der Waals surface area contributed by atoms with E-state index in [1.807, 2.05) is 21.1 Å². The number of phosphoric acid groups is 1. The van der Waals surface area contributed by atoms with Crippen molar-refractivity contribution in [3.05, 3.63) is 122 Å². The minimum absolute atomic E-state index is 0.00274. The number of hydrogen-bond donors (Lipinski definition) is 2. The molecule has 0 aromatic rings.